The molecule has 1 amide bonds. The summed E-state index contributed by atoms with van der Waals surface area (Å²) in [6.45, 7) is 1.55. The third-order valence-electron chi connectivity index (χ3n) is 4.16. The minimum absolute atomic E-state index is 0.0369. The van der Waals surface area contributed by atoms with Crippen LogP contribution in [0.3, 0.4) is 0 Å². The van der Waals surface area contributed by atoms with Gasteiger partial charge in [0, 0.05) is 25.4 Å². The molecule has 3 heterocycles. The third-order valence-corrected chi connectivity index (χ3v) is 4.16. The molecular formula is C17H17N5O2. The molecular weight excluding hydrogens is 306 g/mol. The van der Waals surface area contributed by atoms with Crippen molar-refractivity contribution in [1.82, 2.24) is 24.4 Å². The van der Waals surface area contributed by atoms with Crippen LogP contribution in [0.4, 0.5) is 0 Å². The Balaban J connectivity index is 1.39. The average Bonchev–Trinajstić information content (AvgIpc) is 3.24. The van der Waals surface area contributed by atoms with Gasteiger partial charge in [0.15, 0.2) is 0 Å². The molecule has 0 bridgehead atoms. The monoisotopic (exact) mass is 323 g/mol. The lowest BCUT2D eigenvalue weighted by molar-refractivity contribution is -0.131. The summed E-state index contributed by atoms with van der Waals surface area (Å²) >= 11 is 0. The van der Waals surface area contributed by atoms with E-state index >= 15 is 0 Å². The Morgan fingerprint density at radius 2 is 2.17 bits per heavy atom. The van der Waals surface area contributed by atoms with Crippen LogP contribution in [0.15, 0.2) is 49.2 Å². The van der Waals surface area contributed by atoms with Gasteiger partial charge < -0.3 is 14.2 Å². The zero-order valence-electron chi connectivity index (χ0n) is 13.1. The van der Waals surface area contributed by atoms with Crippen molar-refractivity contribution in [2.24, 2.45) is 0 Å². The first-order valence-corrected chi connectivity index (χ1v) is 7.90. The van der Waals surface area contributed by atoms with Gasteiger partial charge in [-0.25, -0.2) is 9.97 Å². The van der Waals surface area contributed by atoms with Crippen LogP contribution in [0, 0.1) is 0 Å². The third kappa shape index (κ3) is 2.92. The average molecular weight is 323 g/mol. The number of fused-ring (bicyclic) bond motifs is 1. The van der Waals surface area contributed by atoms with Crippen molar-refractivity contribution in [2.75, 3.05) is 13.1 Å². The summed E-state index contributed by atoms with van der Waals surface area (Å²) in [5.41, 5.74) is 1.87. The van der Waals surface area contributed by atoms with Gasteiger partial charge in [0.1, 0.15) is 12.6 Å². The molecule has 1 aromatic carbocycles. The molecule has 1 aliphatic heterocycles. The van der Waals surface area contributed by atoms with E-state index in [9.17, 15) is 4.79 Å². The predicted octanol–water partition coefficient (Wildman–Crippen LogP) is 1.51. The molecule has 7 nitrogen and oxygen atoms in total. The topological polar surface area (TPSA) is 73.1 Å². The summed E-state index contributed by atoms with van der Waals surface area (Å²) in [6.07, 6.45) is 7.26. The van der Waals surface area contributed by atoms with E-state index in [1.54, 1.807) is 24.9 Å². The lowest BCUT2D eigenvalue weighted by atomic mass is 10.3. The second-order valence-electron chi connectivity index (χ2n) is 5.77. The van der Waals surface area contributed by atoms with E-state index in [1.807, 2.05) is 33.7 Å². The Morgan fingerprint density at radius 3 is 3.04 bits per heavy atom. The number of likely N-dealkylation sites (tertiary alicyclic amines) is 1. The standard InChI is InChI=1S/C17H17N5O2/c23-17(11-22-12-20-14-3-1-2-4-15(14)22)21-8-5-13(10-21)24-16-9-18-6-7-19-16/h1-4,6-7,9,12-13H,5,8,10-11H2/t13-/m0/s1. The van der Waals surface area contributed by atoms with E-state index in [-0.39, 0.29) is 12.0 Å². The lowest BCUT2D eigenvalue weighted by Gasteiger charge is -2.17. The van der Waals surface area contributed by atoms with Gasteiger partial charge in [-0.15, -0.1) is 0 Å². The molecule has 0 saturated carbocycles. The fraction of sp³-hybridized carbons (Fsp3) is 0.294. The van der Waals surface area contributed by atoms with E-state index in [1.165, 1.54) is 0 Å². The Morgan fingerprint density at radius 1 is 1.25 bits per heavy atom. The van der Waals surface area contributed by atoms with Gasteiger partial charge in [-0.2, -0.15) is 0 Å². The van der Waals surface area contributed by atoms with E-state index < -0.39 is 0 Å². The summed E-state index contributed by atoms with van der Waals surface area (Å²) in [7, 11) is 0. The Kier molecular flexibility index (Phi) is 3.82. The van der Waals surface area contributed by atoms with Crippen LogP contribution in [0.2, 0.25) is 0 Å². The van der Waals surface area contributed by atoms with E-state index in [2.05, 4.69) is 15.0 Å². The van der Waals surface area contributed by atoms with Gasteiger partial charge in [0.25, 0.3) is 0 Å². The minimum Gasteiger partial charge on any atom is -0.471 e. The molecule has 4 rings (SSSR count). The van der Waals surface area contributed by atoms with Gasteiger partial charge in [-0.1, -0.05) is 12.1 Å². The molecule has 3 aromatic rings. The van der Waals surface area contributed by atoms with E-state index in [0.717, 1.165) is 17.5 Å². The molecule has 0 radical (unpaired) electrons. The minimum atomic E-state index is -0.0369. The summed E-state index contributed by atoms with van der Waals surface area (Å²) in [5, 5.41) is 0. The predicted molar refractivity (Wildman–Crippen MR) is 87.4 cm³/mol. The van der Waals surface area contributed by atoms with Gasteiger partial charge in [0.2, 0.25) is 11.8 Å². The van der Waals surface area contributed by atoms with Gasteiger partial charge in [-0.05, 0) is 12.1 Å². The summed E-state index contributed by atoms with van der Waals surface area (Å²) in [5.74, 6) is 0.570. The fourth-order valence-corrected chi connectivity index (χ4v) is 2.95. The Hall–Kier alpha value is -2.96. The number of ether oxygens (including phenoxy) is 1. The van der Waals surface area contributed by atoms with Crippen LogP contribution in [0.25, 0.3) is 11.0 Å². The molecule has 24 heavy (non-hydrogen) atoms. The van der Waals surface area contributed by atoms with Gasteiger partial charge in [0.05, 0.1) is 30.1 Å². The first kappa shape index (κ1) is 14.6. The number of para-hydroxylation sites is 2. The fourth-order valence-electron chi connectivity index (χ4n) is 2.95. The van der Waals surface area contributed by atoms with Crippen molar-refractivity contribution in [3.8, 4) is 5.88 Å². The zero-order valence-corrected chi connectivity index (χ0v) is 13.1. The summed E-state index contributed by atoms with van der Waals surface area (Å²) < 4.78 is 7.66. The van der Waals surface area contributed by atoms with E-state index in [0.29, 0.717) is 25.5 Å². The van der Waals surface area contributed by atoms with Crippen LogP contribution in [-0.4, -0.2) is 49.5 Å². The number of hydrogen-bond acceptors (Lipinski definition) is 5. The number of aromatic nitrogens is 4. The molecule has 2 aromatic heterocycles. The molecule has 1 fully saturated rings. The van der Waals surface area contributed by atoms with Crippen LogP contribution >= 0.6 is 0 Å². The molecule has 0 spiro atoms. The lowest BCUT2D eigenvalue weighted by Crippen LogP contribution is -2.33. The number of hydrogen-bond donors (Lipinski definition) is 0. The first-order valence-electron chi connectivity index (χ1n) is 7.90. The number of amides is 1. The Bertz CT molecular complexity index is 848. The van der Waals surface area contributed by atoms with Crippen molar-refractivity contribution in [1.29, 1.82) is 0 Å². The molecule has 1 atom stereocenters. The quantitative estimate of drug-likeness (QED) is 0.727. The molecule has 1 aliphatic rings. The van der Waals surface area contributed by atoms with Crippen molar-refractivity contribution in [2.45, 2.75) is 19.1 Å². The van der Waals surface area contributed by atoms with Gasteiger partial charge in [-0.3, -0.25) is 9.78 Å². The molecule has 0 unspecified atom stereocenters. The number of carbonyl (C=O) groups excluding carboxylic acids is 1. The Labute approximate surface area is 138 Å². The van der Waals surface area contributed by atoms with Crippen LogP contribution in [0.5, 0.6) is 5.88 Å². The van der Waals surface area contributed by atoms with Crippen LogP contribution in [0.1, 0.15) is 6.42 Å². The van der Waals surface area contributed by atoms with Crippen LogP contribution in [-0.2, 0) is 11.3 Å². The molecule has 122 valence electrons. The largest absolute Gasteiger partial charge is 0.471 e. The van der Waals surface area contributed by atoms with E-state index in [4.69, 9.17) is 4.74 Å². The first-order chi connectivity index (χ1) is 11.8. The molecule has 0 N–H and O–H groups in total. The van der Waals surface area contributed by atoms with Crippen molar-refractivity contribution in [3.63, 3.8) is 0 Å². The maximum atomic E-state index is 12.5. The summed E-state index contributed by atoms with van der Waals surface area (Å²) in [4.78, 5) is 26.8. The number of nitrogens with zero attached hydrogens (tertiary/aromatic N) is 5. The van der Waals surface area contributed by atoms with Gasteiger partial charge >= 0.3 is 0 Å². The normalized spacial score (nSPS) is 17.3. The zero-order chi connectivity index (χ0) is 16.4. The highest BCUT2D eigenvalue weighted by molar-refractivity contribution is 5.80. The molecule has 0 aliphatic carbocycles. The highest BCUT2D eigenvalue weighted by Crippen LogP contribution is 2.17. The molecule has 7 heteroatoms. The highest BCUT2D eigenvalue weighted by Gasteiger charge is 2.28. The van der Waals surface area contributed by atoms with Crippen molar-refractivity contribution in [3.05, 3.63) is 49.2 Å². The summed E-state index contributed by atoms with van der Waals surface area (Å²) in [6, 6.07) is 7.80. The molecule has 1 saturated heterocycles. The van der Waals surface area contributed by atoms with Crippen LogP contribution < -0.4 is 4.74 Å². The van der Waals surface area contributed by atoms with Crippen molar-refractivity contribution >= 4 is 16.9 Å². The number of imidazole rings is 1. The second-order valence-corrected chi connectivity index (χ2v) is 5.77. The number of rotatable bonds is 4. The van der Waals surface area contributed by atoms with Crippen molar-refractivity contribution < 1.29 is 9.53 Å². The smallest absolute Gasteiger partial charge is 0.242 e. The number of carbonyl (C=O) groups is 1. The highest BCUT2D eigenvalue weighted by atomic mass is 16.5. The maximum absolute atomic E-state index is 12.5. The maximum Gasteiger partial charge on any atom is 0.242 e. The SMILES string of the molecule is O=C(Cn1cnc2ccccc21)N1CC[C@H](Oc2cnccn2)C1. The number of benzene rings is 1. The second kappa shape index (κ2) is 6.27.